The lowest BCUT2D eigenvalue weighted by atomic mass is 9.98. The van der Waals surface area contributed by atoms with Gasteiger partial charge in [0.1, 0.15) is 17.9 Å². The molecule has 0 radical (unpaired) electrons. The van der Waals surface area contributed by atoms with Crippen molar-refractivity contribution >= 4 is 35.1 Å². The normalized spacial score (nSPS) is 12.9. The summed E-state index contributed by atoms with van der Waals surface area (Å²) in [4.78, 5) is 64.5. The zero-order chi connectivity index (χ0) is 29.9. The lowest BCUT2D eigenvalue weighted by Gasteiger charge is -2.25. The van der Waals surface area contributed by atoms with Gasteiger partial charge >= 0.3 is 0 Å². The third-order valence-corrected chi connectivity index (χ3v) is 6.27. The molecule has 9 nitrogen and oxygen atoms in total. The Morgan fingerprint density at radius 3 is 1.88 bits per heavy atom. The Balaban J connectivity index is 1.67. The zero-order valence-electron chi connectivity index (χ0n) is 23.0. The van der Waals surface area contributed by atoms with Crippen LogP contribution >= 0.6 is 0 Å². The van der Waals surface area contributed by atoms with Crippen LogP contribution in [0.25, 0.3) is 0 Å². The van der Waals surface area contributed by atoms with E-state index < -0.39 is 59.3 Å². The molecular formula is C31H33FN4O5. The number of hydrogen-bond donors (Lipinski definition) is 4. The van der Waals surface area contributed by atoms with Gasteiger partial charge in [-0.1, -0.05) is 62.4 Å². The molecule has 0 heterocycles. The van der Waals surface area contributed by atoms with Crippen LogP contribution in [-0.2, 0) is 25.6 Å². The molecule has 3 atom stereocenters. The number of ketones is 1. The van der Waals surface area contributed by atoms with E-state index in [0.29, 0.717) is 5.56 Å². The van der Waals surface area contributed by atoms with Crippen molar-refractivity contribution in [2.75, 3.05) is 5.32 Å². The molecule has 3 aromatic rings. The highest BCUT2D eigenvalue weighted by atomic mass is 19.1. The fourth-order valence-electron chi connectivity index (χ4n) is 3.95. The minimum Gasteiger partial charge on any atom is -0.344 e. The van der Waals surface area contributed by atoms with Crippen LogP contribution in [0.15, 0.2) is 84.9 Å². The van der Waals surface area contributed by atoms with E-state index in [1.54, 1.807) is 44.2 Å². The van der Waals surface area contributed by atoms with Gasteiger partial charge in [-0.2, -0.15) is 0 Å². The van der Waals surface area contributed by atoms with Crippen LogP contribution in [0.3, 0.4) is 0 Å². The Bertz CT molecular complexity index is 1360. The van der Waals surface area contributed by atoms with Crippen LogP contribution < -0.4 is 21.3 Å². The summed E-state index contributed by atoms with van der Waals surface area (Å²) in [5.41, 5.74) is 1.40. The molecule has 0 aliphatic heterocycles. The van der Waals surface area contributed by atoms with E-state index in [-0.39, 0.29) is 12.1 Å². The topological polar surface area (TPSA) is 133 Å². The maximum Gasteiger partial charge on any atom is 0.293 e. The van der Waals surface area contributed by atoms with Gasteiger partial charge in [-0.3, -0.25) is 24.0 Å². The standard InChI is InChI=1S/C31H33FN4O5/c1-19(2)26(27(37)31(41)34-24-16-14-23(32)15-17-24)36-28(38)20(3)33-30(40)25(18-21-10-6-4-7-11-21)35-29(39)22-12-8-5-9-13-22/h4-17,19-20,25-26H,18H2,1-3H3,(H,33,40)(H,34,41)(H,35,39)(H,36,38)/t20-,25-,26-/m0/s1. The van der Waals surface area contributed by atoms with Gasteiger partial charge in [0.05, 0.1) is 6.04 Å². The van der Waals surface area contributed by atoms with Crippen LogP contribution in [0.4, 0.5) is 10.1 Å². The summed E-state index contributed by atoms with van der Waals surface area (Å²) in [6, 6.07) is 19.2. The monoisotopic (exact) mass is 560 g/mol. The maximum atomic E-state index is 13.3. The van der Waals surface area contributed by atoms with E-state index in [9.17, 15) is 28.4 Å². The van der Waals surface area contributed by atoms with Gasteiger partial charge in [0, 0.05) is 17.7 Å². The summed E-state index contributed by atoms with van der Waals surface area (Å²) in [7, 11) is 0. The van der Waals surface area contributed by atoms with Gasteiger partial charge in [0.25, 0.3) is 11.8 Å². The maximum absolute atomic E-state index is 13.3. The molecule has 3 aromatic carbocycles. The second-order valence-electron chi connectivity index (χ2n) is 9.87. The van der Waals surface area contributed by atoms with E-state index in [0.717, 1.165) is 17.7 Å². The van der Waals surface area contributed by atoms with Crippen molar-refractivity contribution in [3.05, 3.63) is 102 Å². The van der Waals surface area contributed by atoms with Crippen molar-refractivity contribution in [2.45, 2.75) is 45.3 Å². The number of Topliss-reactive ketones (excluding diaryl/α,β-unsaturated/α-hetero) is 1. The number of nitrogens with one attached hydrogen (secondary N) is 4. The molecule has 10 heteroatoms. The Morgan fingerprint density at radius 2 is 1.29 bits per heavy atom. The molecule has 0 aliphatic carbocycles. The largest absolute Gasteiger partial charge is 0.344 e. The smallest absolute Gasteiger partial charge is 0.293 e. The molecule has 0 bridgehead atoms. The summed E-state index contributed by atoms with van der Waals surface area (Å²) < 4.78 is 13.1. The summed E-state index contributed by atoms with van der Waals surface area (Å²) >= 11 is 0. The number of rotatable bonds is 12. The van der Waals surface area contributed by atoms with Gasteiger partial charge in [0.15, 0.2) is 0 Å². The predicted molar refractivity (Wildman–Crippen MR) is 152 cm³/mol. The second kappa shape index (κ2) is 14.5. The highest BCUT2D eigenvalue weighted by Gasteiger charge is 2.32. The number of hydrogen-bond acceptors (Lipinski definition) is 5. The van der Waals surface area contributed by atoms with Crippen LogP contribution in [0.2, 0.25) is 0 Å². The van der Waals surface area contributed by atoms with Crippen molar-refractivity contribution in [1.29, 1.82) is 0 Å². The van der Waals surface area contributed by atoms with Crippen LogP contribution in [0.1, 0.15) is 36.7 Å². The van der Waals surface area contributed by atoms with Gasteiger partial charge in [-0.05, 0) is 54.8 Å². The third-order valence-electron chi connectivity index (χ3n) is 6.27. The zero-order valence-corrected chi connectivity index (χ0v) is 23.0. The third kappa shape index (κ3) is 9.10. The minimum atomic E-state index is -1.18. The fraction of sp³-hybridized carbons (Fsp3) is 0.258. The summed E-state index contributed by atoms with van der Waals surface area (Å²) in [5.74, 6) is -4.55. The number of benzene rings is 3. The second-order valence-corrected chi connectivity index (χ2v) is 9.87. The molecule has 0 aromatic heterocycles. The quantitative estimate of drug-likeness (QED) is 0.253. The molecule has 4 amide bonds. The molecule has 0 aliphatic rings. The Labute approximate surface area is 237 Å². The fourth-order valence-corrected chi connectivity index (χ4v) is 3.95. The molecule has 0 spiro atoms. The highest BCUT2D eigenvalue weighted by molar-refractivity contribution is 6.42. The number of carbonyl (C=O) groups is 5. The SMILES string of the molecule is CC(C)[C@H](NC(=O)[C@H](C)NC(=O)[C@H](Cc1ccccc1)NC(=O)c1ccccc1)C(=O)C(=O)Nc1ccc(F)cc1. The molecule has 4 N–H and O–H groups in total. The van der Waals surface area contributed by atoms with E-state index >= 15 is 0 Å². The number of anilines is 1. The van der Waals surface area contributed by atoms with E-state index in [1.807, 2.05) is 30.3 Å². The van der Waals surface area contributed by atoms with Gasteiger partial charge < -0.3 is 21.3 Å². The first-order valence-electron chi connectivity index (χ1n) is 13.2. The molecule has 0 saturated carbocycles. The van der Waals surface area contributed by atoms with E-state index in [4.69, 9.17) is 0 Å². The van der Waals surface area contributed by atoms with Gasteiger partial charge in [0.2, 0.25) is 17.6 Å². The first kappa shape index (κ1) is 30.7. The van der Waals surface area contributed by atoms with Crippen molar-refractivity contribution in [3.8, 4) is 0 Å². The molecule has 0 fully saturated rings. The van der Waals surface area contributed by atoms with E-state index in [2.05, 4.69) is 21.3 Å². The molecule has 0 unspecified atom stereocenters. The van der Waals surface area contributed by atoms with Crippen molar-refractivity contribution in [1.82, 2.24) is 16.0 Å². The average molecular weight is 561 g/mol. The van der Waals surface area contributed by atoms with Gasteiger partial charge in [-0.15, -0.1) is 0 Å². The number of halogens is 1. The lowest BCUT2D eigenvalue weighted by molar-refractivity contribution is -0.138. The number of amides is 4. The molecular weight excluding hydrogens is 527 g/mol. The number of carbonyl (C=O) groups excluding carboxylic acids is 5. The van der Waals surface area contributed by atoms with Crippen molar-refractivity contribution in [2.24, 2.45) is 5.92 Å². The minimum absolute atomic E-state index is 0.177. The van der Waals surface area contributed by atoms with Crippen LogP contribution in [0.5, 0.6) is 0 Å². The summed E-state index contributed by atoms with van der Waals surface area (Å²) in [6.45, 7) is 4.75. The van der Waals surface area contributed by atoms with Gasteiger partial charge in [-0.25, -0.2) is 4.39 Å². The first-order chi connectivity index (χ1) is 19.5. The summed E-state index contributed by atoms with van der Waals surface area (Å²) in [6.07, 6.45) is 0.177. The summed E-state index contributed by atoms with van der Waals surface area (Å²) in [5, 5.41) is 10.3. The van der Waals surface area contributed by atoms with E-state index in [1.165, 1.54) is 19.1 Å². The molecule has 41 heavy (non-hydrogen) atoms. The highest BCUT2D eigenvalue weighted by Crippen LogP contribution is 2.11. The molecule has 3 rings (SSSR count). The Morgan fingerprint density at radius 1 is 0.707 bits per heavy atom. The van der Waals surface area contributed by atoms with Crippen molar-refractivity contribution < 1.29 is 28.4 Å². The van der Waals surface area contributed by atoms with Crippen molar-refractivity contribution in [3.63, 3.8) is 0 Å². The average Bonchev–Trinajstić information content (AvgIpc) is 2.96. The Kier molecular flexibility index (Phi) is 10.9. The first-order valence-corrected chi connectivity index (χ1v) is 13.2. The molecule has 214 valence electrons. The molecule has 0 saturated heterocycles. The van der Waals surface area contributed by atoms with Crippen LogP contribution in [0, 0.1) is 11.7 Å². The van der Waals surface area contributed by atoms with Crippen LogP contribution in [-0.4, -0.2) is 47.5 Å². The predicted octanol–water partition coefficient (Wildman–Crippen LogP) is 3.02. The lowest BCUT2D eigenvalue weighted by Crippen LogP contribution is -2.56. The Hall–Kier alpha value is -4.86.